The van der Waals surface area contributed by atoms with Gasteiger partial charge in [-0.3, -0.25) is 9.80 Å². The summed E-state index contributed by atoms with van der Waals surface area (Å²) in [4.78, 5) is 52.3. The van der Waals surface area contributed by atoms with Gasteiger partial charge in [0.05, 0.1) is 45.4 Å². The number of rotatable bonds is 4. The Morgan fingerprint density at radius 1 is 0.556 bits per heavy atom. The van der Waals surface area contributed by atoms with E-state index in [0.29, 0.717) is 47.6 Å². The second kappa shape index (κ2) is 9.80. The van der Waals surface area contributed by atoms with Crippen LogP contribution in [-0.2, 0) is 9.47 Å². The lowest BCUT2D eigenvalue weighted by molar-refractivity contribution is 0.0195. The van der Waals surface area contributed by atoms with Crippen LogP contribution in [0.25, 0.3) is 55.4 Å². The molecule has 272 valence electrons. The number of imidazole rings is 2. The topological polar surface area (TPSA) is 129 Å². The summed E-state index contributed by atoms with van der Waals surface area (Å²) >= 11 is 0. The summed E-state index contributed by atoms with van der Waals surface area (Å²) < 4.78 is 11.6. The molecule has 7 heterocycles. The molecular formula is C43H41N7O4. The third-order valence-corrected chi connectivity index (χ3v) is 12.7. The van der Waals surface area contributed by atoms with Gasteiger partial charge >= 0.3 is 12.2 Å². The van der Waals surface area contributed by atoms with Crippen molar-refractivity contribution in [2.45, 2.75) is 76.9 Å². The Kier molecular flexibility index (Phi) is 5.62. The lowest BCUT2D eigenvalue weighted by Gasteiger charge is -2.27. The molecule has 4 saturated carbocycles. The molecule has 4 bridgehead atoms. The van der Waals surface area contributed by atoms with Gasteiger partial charge in [-0.1, -0.05) is 24.3 Å². The number of H-pyrrole nitrogens is 2. The maximum atomic E-state index is 13.2. The molecule has 14 rings (SSSR count). The molecule has 4 aliphatic carbocycles. The number of ether oxygens (including phenoxy) is 2. The fourth-order valence-corrected chi connectivity index (χ4v) is 10.3. The number of piperidine rings is 2. The molecule has 4 aliphatic heterocycles. The van der Waals surface area contributed by atoms with E-state index in [0.717, 1.165) is 67.0 Å². The van der Waals surface area contributed by atoms with Crippen LogP contribution in [0.5, 0.6) is 0 Å². The van der Waals surface area contributed by atoms with E-state index < -0.39 is 11.2 Å². The van der Waals surface area contributed by atoms with Gasteiger partial charge in [0, 0.05) is 23.0 Å². The number of nitrogens with zero attached hydrogens (tertiary/aromatic N) is 5. The first-order chi connectivity index (χ1) is 25.8. The Labute approximate surface area is 311 Å². The lowest BCUT2D eigenvalue weighted by Crippen LogP contribution is -2.37. The minimum absolute atomic E-state index is 0.0547. The monoisotopic (exact) mass is 719 g/mol. The van der Waals surface area contributed by atoms with E-state index in [1.165, 1.54) is 0 Å². The molecule has 0 radical (unpaired) electrons. The van der Waals surface area contributed by atoms with E-state index in [1.807, 2.05) is 57.4 Å². The van der Waals surface area contributed by atoms with Crippen LogP contribution in [0.4, 0.5) is 9.59 Å². The second-order valence-electron chi connectivity index (χ2n) is 18.4. The minimum Gasteiger partial charge on any atom is -0.444 e. The first kappa shape index (κ1) is 31.0. The van der Waals surface area contributed by atoms with Gasteiger partial charge in [-0.15, -0.1) is 0 Å². The first-order valence-corrected chi connectivity index (χ1v) is 19.2. The van der Waals surface area contributed by atoms with E-state index in [-0.39, 0.29) is 24.3 Å². The standard InChI is InChI=1S/C43H41N7O4/c1-42(2,3)53-40(51)49-34-28-29(34)32(28)36(49)38-45-24-13-8-19(16-26(24)47-38)18-7-11-22-20(15-18)9-12-23(44-22)21-10-14-25-27(17-21)48-39(46-25)37-33-30-31(33)35(30)50(37)41(52)54-43(4,5)6/h7-17,28-37H,1-6H3,(H,45,47)(H,46,48)/t28-,29?,30-,31?,32?,33?,34?,35?,36+,37+/m1/s1. The number of benzene rings is 3. The summed E-state index contributed by atoms with van der Waals surface area (Å²) in [5.74, 6) is 5.06. The van der Waals surface area contributed by atoms with E-state index in [1.54, 1.807) is 0 Å². The summed E-state index contributed by atoms with van der Waals surface area (Å²) in [6.07, 6.45) is -0.477. The van der Waals surface area contributed by atoms with Crippen LogP contribution < -0.4 is 0 Å². The molecule has 8 aliphatic rings. The molecular weight excluding hydrogens is 679 g/mol. The predicted molar refractivity (Wildman–Crippen MR) is 202 cm³/mol. The molecule has 10 atom stereocenters. The highest BCUT2D eigenvalue weighted by atomic mass is 16.6. The fourth-order valence-electron chi connectivity index (χ4n) is 10.3. The zero-order valence-corrected chi connectivity index (χ0v) is 31.0. The summed E-state index contributed by atoms with van der Waals surface area (Å²) in [5, 5.41) is 1.05. The Morgan fingerprint density at radius 3 is 1.54 bits per heavy atom. The van der Waals surface area contributed by atoms with Crippen molar-refractivity contribution >= 4 is 45.2 Å². The molecule has 8 fully saturated rings. The number of hydrogen-bond donors (Lipinski definition) is 2. The van der Waals surface area contributed by atoms with E-state index in [4.69, 9.17) is 24.4 Å². The van der Waals surface area contributed by atoms with Gasteiger partial charge in [-0.25, -0.2) is 24.5 Å². The van der Waals surface area contributed by atoms with Crippen molar-refractivity contribution < 1.29 is 19.1 Å². The molecule has 3 aromatic carbocycles. The van der Waals surface area contributed by atoms with Crippen molar-refractivity contribution in [3.8, 4) is 22.4 Å². The number of hydrogen-bond acceptors (Lipinski definition) is 7. The Balaban J connectivity index is 0.798. The molecule has 4 saturated heterocycles. The van der Waals surface area contributed by atoms with Gasteiger partial charge in [0.25, 0.3) is 0 Å². The van der Waals surface area contributed by atoms with Crippen molar-refractivity contribution in [1.29, 1.82) is 0 Å². The minimum atomic E-state index is -0.536. The fraction of sp³-hybridized carbons (Fsp3) is 0.419. The van der Waals surface area contributed by atoms with Gasteiger partial charge in [0.2, 0.25) is 0 Å². The van der Waals surface area contributed by atoms with Crippen molar-refractivity contribution in [3.05, 3.63) is 78.4 Å². The van der Waals surface area contributed by atoms with Gasteiger partial charge in [-0.2, -0.15) is 0 Å². The number of amides is 2. The molecule has 3 aromatic heterocycles. The third-order valence-electron chi connectivity index (χ3n) is 12.7. The maximum absolute atomic E-state index is 13.2. The average molecular weight is 720 g/mol. The number of carbonyl (C=O) groups excluding carboxylic acids is 2. The Hall–Kier alpha value is -5.45. The highest BCUT2D eigenvalue weighted by molar-refractivity contribution is 5.90. The van der Waals surface area contributed by atoms with Crippen LogP contribution >= 0.6 is 0 Å². The predicted octanol–water partition coefficient (Wildman–Crippen LogP) is 8.39. The number of nitrogens with one attached hydrogen (secondary N) is 2. The average Bonchev–Trinajstić information content (AvgIpc) is 4.04. The quantitative estimate of drug-likeness (QED) is 0.187. The highest BCUT2D eigenvalue weighted by Gasteiger charge is 2.87. The van der Waals surface area contributed by atoms with Crippen molar-refractivity contribution in [2.24, 2.45) is 35.5 Å². The number of aromatic nitrogens is 5. The van der Waals surface area contributed by atoms with Crippen molar-refractivity contribution in [3.63, 3.8) is 0 Å². The molecule has 6 aromatic rings. The van der Waals surface area contributed by atoms with Crippen LogP contribution in [-0.4, -0.2) is 70.2 Å². The molecule has 6 unspecified atom stereocenters. The lowest BCUT2D eigenvalue weighted by atomic mass is 10.0. The van der Waals surface area contributed by atoms with Crippen LogP contribution in [0.15, 0.2) is 66.7 Å². The Morgan fingerprint density at radius 2 is 1.02 bits per heavy atom. The number of pyridine rings is 1. The van der Waals surface area contributed by atoms with Crippen molar-refractivity contribution in [1.82, 2.24) is 34.7 Å². The maximum Gasteiger partial charge on any atom is 0.411 e. The summed E-state index contributed by atoms with van der Waals surface area (Å²) in [7, 11) is 0. The third kappa shape index (κ3) is 4.38. The first-order valence-electron chi connectivity index (χ1n) is 19.2. The second-order valence-corrected chi connectivity index (χ2v) is 18.4. The van der Waals surface area contributed by atoms with Crippen LogP contribution in [0.1, 0.15) is 65.3 Å². The molecule has 11 nitrogen and oxygen atoms in total. The molecule has 11 heteroatoms. The number of aromatic amines is 2. The van der Waals surface area contributed by atoms with E-state index >= 15 is 0 Å². The molecule has 2 N–H and O–H groups in total. The molecule has 2 amide bonds. The molecule has 54 heavy (non-hydrogen) atoms. The van der Waals surface area contributed by atoms with Gasteiger partial charge in [-0.05, 0) is 131 Å². The number of carbonyl (C=O) groups is 2. The van der Waals surface area contributed by atoms with E-state index in [9.17, 15) is 9.59 Å². The van der Waals surface area contributed by atoms with Gasteiger partial charge < -0.3 is 19.4 Å². The highest BCUT2D eigenvalue weighted by Crippen LogP contribution is 2.82. The Bertz CT molecular complexity index is 2450. The molecule has 0 spiro atoms. The van der Waals surface area contributed by atoms with Gasteiger partial charge in [0.15, 0.2) is 0 Å². The summed E-state index contributed by atoms with van der Waals surface area (Å²) in [6.45, 7) is 11.5. The zero-order valence-electron chi connectivity index (χ0n) is 31.0. The van der Waals surface area contributed by atoms with Crippen LogP contribution in [0, 0.1) is 35.5 Å². The van der Waals surface area contributed by atoms with Crippen LogP contribution in [0.3, 0.4) is 0 Å². The number of fused-ring (bicyclic) bond motifs is 5. The van der Waals surface area contributed by atoms with Crippen molar-refractivity contribution in [2.75, 3.05) is 0 Å². The normalized spacial score (nSPS) is 30.9. The summed E-state index contributed by atoms with van der Waals surface area (Å²) in [5.41, 5.74) is 7.58. The SMILES string of the molecule is CC(C)(C)OC(=O)N1C2C3C([C@@H]32)[C@H]1c1nc2ccc(-c3ccc4nc(-c5ccc6nc([C@@H]7C8C9C([C@H]98)N7C(=O)OC(C)(C)C)[nH]c6c5)ccc4c3)cc2[nH]1. The smallest absolute Gasteiger partial charge is 0.411 e. The van der Waals surface area contributed by atoms with E-state index in [2.05, 4.69) is 70.6 Å². The van der Waals surface area contributed by atoms with Gasteiger partial charge in [0.1, 0.15) is 22.9 Å². The largest absolute Gasteiger partial charge is 0.444 e. The zero-order chi connectivity index (χ0) is 36.7. The van der Waals surface area contributed by atoms with Crippen LogP contribution in [0.2, 0.25) is 0 Å². The summed E-state index contributed by atoms with van der Waals surface area (Å²) in [6, 6.07) is 23.6.